The van der Waals surface area contributed by atoms with E-state index >= 15 is 0 Å². The van der Waals surface area contributed by atoms with Gasteiger partial charge in [0.1, 0.15) is 0 Å². The summed E-state index contributed by atoms with van der Waals surface area (Å²) in [5, 5.41) is 0. The molecule has 0 rings (SSSR count). The monoisotopic (exact) mass is 227 g/mol. The summed E-state index contributed by atoms with van der Waals surface area (Å²) in [4.78, 5) is 0. The molecule has 0 unspecified atom stereocenters. The van der Waals surface area contributed by atoms with Crippen molar-refractivity contribution >= 4 is 21.6 Å². The molecule has 5 heteroatoms. The highest BCUT2D eigenvalue weighted by atomic mass is 35.5. The summed E-state index contributed by atoms with van der Waals surface area (Å²) in [6, 6.07) is 0. The zero-order chi connectivity index (χ0) is 10.5. The Labute approximate surface area is 86.1 Å². The summed E-state index contributed by atoms with van der Waals surface area (Å²) >= 11 is 5.46. The lowest BCUT2D eigenvalue weighted by molar-refractivity contribution is 0.480. The summed E-state index contributed by atoms with van der Waals surface area (Å²) in [6.45, 7) is 4.41. The van der Waals surface area contributed by atoms with Gasteiger partial charge in [-0.05, 0) is 12.3 Å². The van der Waals surface area contributed by atoms with Gasteiger partial charge in [0.15, 0.2) is 0 Å². The van der Waals surface area contributed by atoms with Gasteiger partial charge in [0.05, 0.1) is 5.75 Å². The van der Waals surface area contributed by atoms with Crippen molar-refractivity contribution in [2.45, 2.75) is 20.3 Å². The van der Waals surface area contributed by atoms with Gasteiger partial charge in [-0.15, -0.1) is 11.6 Å². The van der Waals surface area contributed by atoms with Crippen molar-refractivity contribution in [3.8, 4) is 0 Å². The second kappa shape index (κ2) is 5.83. The van der Waals surface area contributed by atoms with Gasteiger partial charge in [0, 0.05) is 19.5 Å². The van der Waals surface area contributed by atoms with Gasteiger partial charge in [0.2, 0.25) is 10.0 Å². The minimum absolute atomic E-state index is 0.220. The molecule has 13 heavy (non-hydrogen) atoms. The van der Waals surface area contributed by atoms with Gasteiger partial charge in [0.25, 0.3) is 0 Å². The van der Waals surface area contributed by atoms with Crippen LogP contribution in [0.25, 0.3) is 0 Å². The fourth-order valence-corrected chi connectivity index (χ4v) is 2.60. The molecular formula is C8H18ClNO2S. The predicted molar refractivity (Wildman–Crippen MR) is 56.6 cm³/mol. The average molecular weight is 228 g/mol. The van der Waals surface area contributed by atoms with Crippen molar-refractivity contribution < 1.29 is 8.42 Å². The molecule has 0 fully saturated rings. The van der Waals surface area contributed by atoms with Crippen LogP contribution in [0.1, 0.15) is 20.3 Å². The predicted octanol–water partition coefficient (Wildman–Crippen LogP) is 1.53. The van der Waals surface area contributed by atoms with E-state index in [2.05, 4.69) is 0 Å². The van der Waals surface area contributed by atoms with E-state index in [1.807, 2.05) is 13.8 Å². The first-order valence-electron chi connectivity index (χ1n) is 4.40. The van der Waals surface area contributed by atoms with Crippen LogP contribution in [0, 0.1) is 5.92 Å². The van der Waals surface area contributed by atoms with E-state index in [1.165, 1.54) is 4.31 Å². The topological polar surface area (TPSA) is 37.4 Å². The first-order valence-corrected chi connectivity index (χ1v) is 6.54. The summed E-state index contributed by atoms with van der Waals surface area (Å²) in [7, 11) is -1.50. The normalized spacial score (nSPS) is 12.8. The molecule has 0 aromatic rings. The standard InChI is InChI=1S/C8H18ClNO2S/c1-8(2)4-7-13(11,12)10(3)6-5-9/h8H,4-7H2,1-3H3. The molecule has 0 aliphatic heterocycles. The van der Waals surface area contributed by atoms with Crippen LogP contribution in [-0.2, 0) is 10.0 Å². The maximum atomic E-state index is 11.5. The Kier molecular flexibility index (Phi) is 5.92. The highest BCUT2D eigenvalue weighted by Crippen LogP contribution is 2.06. The Morgan fingerprint density at radius 1 is 1.38 bits per heavy atom. The average Bonchev–Trinajstić information content (AvgIpc) is 2.01. The molecule has 0 amide bonds. The Bertz CT molecular complexity index is 226. The number of hydrogen-bond acceptors (Lipinski definition) is 2. The van der Waals surface area contributed by atoms with Crippen molar-refractivity contribution in [2.24, 2.45) is 5.92 Å². The zero-order valence-electron chi connectivity index (χ0n) is 8.46. The van der Waals surface area contributed by atoms with Gasteiger partial charge in [-0.1, -0.05) is 13.8 Å². The molecule has 0 heterocycles. The second-order valence-electron chi connectivity index (χ2n) is 3.51. The maximum absolute atomic E-state index is 11.5. The van der Waals surface area contributed by atoms with Crippen LogP contribution < -0.4 is 0 Å². The molecule has 0 radical (unpaired) electrons. The van der Waals surface area contributed by atoms with E-state index in [0.717, 1.165) is 0 Å². The van der Waals surface area contributed by atoms with Crippen molar-refractivity contribution in [1.82, 2.24) is 4.31 Å². The van der Waals surface area contributed by atoms with Crippen molar-refractivity contribution in [3.63, 3.8) is 0 Å². The highest BCUT2D eigenvalue weighted by molar-refractivity contribution is 7.89. The zero-order valence-corrected chi connectivity index (χ0v) is 10.0. The quantitative estimate of drug-likeness (QED) is 0.646. The molecule has 0 saturated carbocycles. The lowest BCUT2D eigenvalue weighted by Crippen LogP contribution is -2.31. The fourth-order valence-electron chi connectivity index (χ4n) is 0.799. The van der Waals surface area contributed by atoms with Crippen molar-refractivity contribution in [1.29, 1.82) is 0 Å². The summed E-state index contributed by atoms with van der Waals surface area (Å²) in [5.41, 5.74) is 0. The van der Waals surface area contributed by atoms with Crippen molar-refractivity contribution in [2.75, 3.05) is 25.2 Å². The molecule has 0 spiro atoms. The summed E-state index contributed by atoms with van der Waals surface area (Å²) in [6.07, 6.45) is 0.703. The third-order valence-corrected chi connectivity index (χ3v) is 3.88. The van der Waals surface area contributed by atoms with Crippen LogP contribution in [-0.4, -0.2) is 37.9 Å². The molecule has 0 aliphatic carbocycles. The Morgan fingerprint density at radius 3 is 2.31 bits per heavy atom. The first-order chi connectivity index (χ1) is 5.90. The molecule has 0 saturated heterocycles. The minimum atomic E-state index is -3.07. The molecule has 0 aliphatic rings. The molecule has 0 bridgehead atoms. The lowest BCUT2D eigenvalue weighted by Gasteiger charge is -2.16. The lowest BCUT2D eigenvalue weighted by atomic mass is 10.2. The van der Waals surface area contributed by atoms with E-state index in [9.17, 15) is 8.42 Å². The molecule has 3 nitrogen and oxygen atoms in total. The fraction of sp³-hybridized carbons (Fsp3) is 1.00. The second-order valence-corrected chi connectivity index (χ2v) is 6.08. The Balaban J connectivity index is 4.07. The molecule has 80 valence electrons. The van der Waals surface area contributed by atoms with Crippen LogP contribution in [0.5, 0.6) is 0 Å². The summed E-state index contributed by atoms with van der Waals surface area (Å²) < 4.78 is 24.3. The summed E-state index contributed by atoms with van der Waals surface area (Å²) in [5.74, 6) is 0.981. The number of hydrogen-bond donors (Lipinski definition) is 0. The SMILES string of the molecule is CC(C)CCS(=O)(=O)N(C)CCCl. The van der Waals surface area contributed by atoms with Crippen LogP contribution in [0.3, 0.4) is 0 Å². The van der Waals surface area contributed by atoms with E-state index in [0.29, 0.717) is 24.8 Å². The van der Waals surface area contributed by atoms with Gasteiger partial charge in [-0.3, -0.25) is 0 Å². The molecule has 0 aromatic carbocycles. The Morgan fingerprint density at radius 2 is 1.92 bits per heavy atom. The highest BCUT2D eigenvalue weighted by Gasteiger charge is 2.16. The van der Waals surface area contributed by atoms with E-state index in [-0.39, 0.29) is 5.75 Å². The van der Waals surface area contributed by atoms with Gasteiger partial charge < -0.3 is 0 Å². The van der Waals surface area contributed by atoms with Crippen molar-refractivity contribution in [3.05, 3.63) is 0 Å². The van der Waals surface area contributed by atoms with E-state index in [4.69, 9.17) is 11.6 Å². The van der Waals surface area contributed by atoms with E-state index < -0.39 is 10.0 Å². The minimum Gasteiger partial charge on any atom is -0.212 e. The van der Waals surface area contributed by atoms with Crippen LogP contribution in [0.15, 0.2) is 0 Å². The molecule has 0 N–H and O–H groups in total. The third-order valence-electron chi connectivity index (χ3n) is 1.83. The largest absolute Gasteiger partial charge is 0.213 e. The molecular weight excluding hydrogens is 210 g/mol. The number of halogens is 1. The maximum Gasteiger partial charge on any atom is 0.213 e. The van der Waals surface area contributed by atoms with Gasteiger partial charge in [-0.25, -0.2) is 12.7 Å². The van der Waals surface area contributed by atoms with Crippen LogP contribution >= 0.6 is 11.6 Å². The third kappa shape index (κ3) is 5.49. The van der Waals surface area contributed by atoms with Gasteiger partial charge >= 0.3 is 0 Å². The molecule has 0 aromatic heterocycles. The number of nitrogens with zero attached hydrogens (tertiary/aromatic N) is 1. The van der Waals surface area contributed by atoms with E-state index in [1.54, 1.807) is 7.05 Å². The smallest absolute Gasteiger partial charge is 0.212 e. The molecule has 0 atom stereocenters. The Hall–Kier alpha value is 0.200. The first kappa shape index (κ1) is 13.2. The number of rotatable bonds is 6. The van der Waals surface area contributed by atoms with Crippen LogP contribution in [0.2, 0.25) is 0 Å². The van der Waals surface area contributed by atoms with Gasteiger partial charge in [-0.2, -0.15) is 0 Å². The number of alkyl halides is 1. The number of sulfonamides is 1. The van der Waals surface area contributed by atoms with Crippen LogP contribution in [0.4, 0.5) is 0 Å².